The van der Waals surface area contributed by atoms with Gasteiger partial charge in [-0.1, -0.05) is 41.9 Å². The number of amides is 1. The second-order valence-electron chi connectivity index (χ2n) is 5.91. The number of carbonyl (C=O) groups excluding carboxylic acids is 1. The number of nitrogens with one attached hydrogen (secondary N) is 1. The Bertz CT molecular complexity index is 1120. The third-order valence-electron chi connectivity index (χ3n) is 4.16. The third-order valence-corrected chi connectivity index (χ3v) is 4.49. The predicted octanol–water partition coefficient (Wildman–Crippen LogP) is 4.12. The molecule has 0 saturated carbocycles. The second-order valence-corrected chi connectivity index (χ2v) is 6.32. The molecule has 1 amide bonds. The highest BCUT2D eigenvalue weighted by molar-refractivity contribution is 6.33. The summed E-state index contributed by atoms with van der Waals surface area (Å²) >= 11 is 6.29. The van der Waals surface area contributed by atoms with Gasteiger partial charge in [-0.2, -0.15) is 5.10 Å². The Morgan fingerprint density at radius 1 is 1.11 bits per heavy atom. The van der Waals surface area contributed by atoms with Crippen LogP contribution in [0.15, 0.2) is 67.0 Å². The van der Waals surface area contributed by atoms with Crippen LogP contribution in [-0.4, -0.2) is 20.5 Å². The van der Waals surface area contributed by atoms with Gasteiger partial charge in [0.15, 0.2) is 5.65 Å². The largest absolute Gasteiger partial charge is 0.348 e. The maximum absolute atomic E-state index is 13.0. The van der Waals surface area contributed by atoms with Gasteiger partial charge in [0.2, 0.25) is 0 Å². The minimum Gasteiger partial charge on any atom is -0.348 e. The highest BCUT2D eigenvalue weighted by atomic mass is 35.5. The summed E-state index contributed by atoms with van der Waals surface area (Å²) in [5.74, 6) is -0.623. The van der Waals surface area contributed by atoms with E-state index in [4.69, 9.17) is 11.6 Å². The fourth-order valence-electron chi connectivity index (χ4n) is 2.80. The number of hydrogen-bond acceptors (Lipinski definition) is 3. The fraction of sp³-hybridized carbons (Fsp3) is 0.0500. The van der Waals surface area contributed by atoms with Gasteiger partial charge in [-0.3, -0.25) is 4.79 Å². The van der Waals surface area contributed by atoms with Crippen molar-refractivity contribution in [3.8, 4) is 11.3 Å². The summed E-state index contributed by atoms with van der Waals surface area (Å²) in [5.41, 5.74) is 3.12. The molecule has 4 rings (SSSR count). The van der Waals surface area contributed by atoms with Gasteiger partial charge in [0.25, 0.3) is 5.91 Å². The zero-order valence-electron chi connectivity index (χ0n) is 14.1. The van der Waals surface area contributed by atoms with Gasteiger partial charge in [0.05, 0.1) is 11.9 Å². The zero-order valence-corrected chi connectivity index (χ0v) is 14.8. The molecule has 134 valence electrons. The lowest BCUT2D eigenvalue weighted by atomic mass is 10.1. The molecule has 0 aliphatic rings. The average molecular weight is 381 g/mol. The van der Waals surface area contributed by atoms with E-state index in [2.05, 4.69) is 15.4 Å². The van der Waals surface area contributed by atoms with E-state index in [1.807, 2.05) is 18.2 Å². The van der Waals surface area contributed by atoms with E-state index < -0.39 is 0 Å². The maximum atomic E-state index is 13.0. The van der Waals surface area contributed by atoms with Crippen LogP contribution < -0.4 is 5.32 Å². The highest BCUT2D eigenvalue weighted by Crippen LogP contribution is 2.27. The third kappa shape index (κ3) is 3.39. The van der Waals surface area contributed by atoms with Crippen molar-refractivity contribution in [3.63, 3.8) is 0 Å². The van der Waals surface area contributed by atoms with Gasteiger partial charge < -0.3 is 5.32 Å². The molecule has 0 spiro atoms. The number of fused-ring (bicyclic) bond motifs is 1. The average Bonchev–Trinajstić information content (AvgIpc) is 3.12. The van der Waals surface area contributed by atoms with Gasteiger partial charge in [0, 0.05) is 23.3 Å². The van der Waals surface area contributed by atoms with Crippen molar-refractivity contribution in [1.29, 1.82) is 0 Å². The molecule has 0 aliphatic heterocycles. The van der Waals surface area contributed by atoms with Gasteiger partial charge in [-0.05, 0) is 29.8 Å². The normalized spacial score (nSPS) is 10.9. The van der Waals surface area contributed by atoms with E-state index in [0.717, 1.165) is 16.8 Å². The standard InChI is InChI=1S/C20H14ClFN4O/c21-17-4-2-1-3-15(17)18-9-10-23-19-16(12-25-26(18)19)20(27)24-11-13-5-7-14(22)8-6-13/h1-10,12H,11H2,(H,24,27). The van der Waals surface area contributed by atoms with E-state index in [1.165, 1.54) is 18.3 Å². The van der Waals surface area contributed by atoms with Gasteiger partial charge in [-0.25, -0.2) is 13.9 Å². The molecule has 0 atom stereocenters. The molecule has 0 radical (unpaired) electrons. The number of aromatic nitrogens is 3. The van der Waals surface area contributed by atoms with Crippen molar-refractivity contribution < 1.29 is 9.18 Å². The highest BCUT2D eigenvalue weighted by Gasteiger charge is 2.16. The summed E-state index contributed by atoms with van der Waals surface area (Å²) in [4.78, 5) is 16.9. The Morgan fingerprint density at radius 2 is 1.89 bits per heavy atom. The van der Waals surface area contributed by atoms with Gasteiger partial charge in [-0.15, -0.1) is 0 Å². The Morgan fingerprint density at radius 3 is 2.67 bits per heavy atom. The molecule has 0 unspecified atom stereocenters. The minimum atomic E-state index is -0.316. The van der Waals surface area contributed by atoms with Crippen molar-refractivity contribution in [3.05, 3.63) is 89.0 Å². The Hall–Kier alpha value is -3.25. The summed E-state index contributed by atoms with van der Waals surface area (Å²) in [7, 11) is 0. The lowest BCUT2D eigenvalue weighted by Crippen LogP contribution is -2.22. The van der Waals surface area contributed by atoms with E-state index in [-0.39, 0.29) is 18.3 Å². The number of halogens is 2. The van der Waals surface area contributed by atoms with Crippen molar-refractivity contribution >= 4 is 23.2 Å². The second kappa shape index (κ2) is 7.17. The lowest BCUT2D eigenvalue weighted by molar-refractivity contribution is 0.0952. The van der Waals surface area contributed by atoms with Crippen molar-refractivity contribution in [2.45, 2.75) is 6.54 Å². The molecule has 7 heteroatoms. The number of carbonyl (C=O) groups is 1. The summed E-state index contributed by atoms with van der Waals surface area (Å²) in [6.07, 6.45) is 3.09. The van der Waals surface area contributed by atoms with Crippen LogP contribution in [0, 0.1) is 5.82 Å². The molecular weight excluding hydrogens is 367 g/mol. The Kier molecular flexibility index (Phi) is 4.56. The van der Waals surface area contributed by atoms with E-state index in [9.17, 15) is 9.18 Å². The molecular formula is C20H14ClFN4O. The van der Waals surface area contributed by atoms with Crippen molar-refractivity contribution in [2.75, 3.05) is 0 Å². The van der Waals surface area contributed by atoms with Crippen molar-refractivity contribution in [2.24, 2.45) is 0 Å². The minimum absolute atomic E-state index is 0.278. The molecule has 4 aromatic rings. The first kappa shape index (κ1) is 17.2. The number of hydrogen-bond donors (Lipinski definition) is 1. The molecule has 2 aromatic heterocycles. The predicted molar refractivity (Wildman–Crippen MR) is 101 cm³/mol. The van der Waals surface area contributed by atoms with Gasteiger partial charge >= 0.3 is 0 Å². The SMILES string of the molecule is O=C(NCc1ccc(F)cc1)c1cnn2c(-c3ccccc3Cl)ccnc12. The lowest BCUT2D eigenvalue weighted by Gasteiger charge is -2.07. The molecule has 0 fully saturated rings. The number of nitrogens with zero attached hydrogens (tertiary/aromatic N) is 3. The molecule has 0 aliphatic carbocycles. The Balaban J connectivity index is 1.63. The molecule has 2 heterocycles. The van der Waals surface area contributed by atoms with Crippen LogP contribution in [-0.2, 0) is 6.54 Å². The van der Waals surface area contributed by atoms with Crippen LogP contribution in [0.5, 0.6) is 0 Å². The van der Waals surface area contributed by atoms with E-state index in [0.29, 0.717) is 16.2 Å². The first-order valence-corrected chi connectivity index (χ1v) is 8.61. The summed E-state index contributed by atoms with van der Waals surface area (Å²) in [5, 5.41) is 7.70. The van der Waals surface area contributed by atoms with Crippen LogP contribution in [0.4, 0.5) is 4.39 Å². The zero-order chi connectivity index (χ0) is 18.8. The first-order chi connectivity index (χ1) is 13.1. The molecule has 1 N–H and O–H groups in total. The number of benzene rings is 2. The van der Waals surface area contributed by atoms with E-state index in [1.54, 1.807) is 35.0 Å². The molecule has 0 bridgehead atoms. The monoisotopic (exact) mass is 380 g/mol. The smallest absolute Gasteiger partial charge is 0.257 e. The topological polar surface area (TPSA) is 59.3 Å². The van der Waals surface area contributed by atoms with Crippen LogP contribution in [0.1, 0.15) is 15.9 Å². The summed E-state index contributed by atoms with van der Waals surface area (Å²) in [6, 6.07) is 15.2. The fourth-order valence-corrected chi connectivity index (χ4v) is 3.04. The molecule has 2 aromatic carbocycles. The molecule has 5 nitrogen and oxygen atoms in total. The first-order valence-electron chi connectivity index (χ1n) is 8.24. The maximum Gasteiger partial charge on any atom is 0.257 e. The van der Waals surface area contributed by atoms with Gasteiger partial charge in [0.1, 0.15) is 11.4 Å². The van der Waals surface area contributed by atoms with Crippen LogP contribution >= 0.6 is 11.6 Å². The summed E-state index contributed by atoms with van der Waals surface area (Å²) < 4.78 is 14.6. The quantitative estimate of drug-likeness (QED) is 0.579. The Labute approximate surface area is 159 Å². The number of rotatable bonds is 4. The van der Waals surface area contributed by atoms with Crippen LogP contribution in [0.2, 0.25) is 5.02 Å². The van der Waals surface area contributed by atoms with E-state index >= 15 is 0 Å². The van der Waals surface area contributed by atoms with Crippen LogP contribution in [0.25, 0.3) is 16.9 Å². The van der Waals surface area contributed by atoms with Crippen LogP contribution in [0.3, 0.4) is 0 Å². The molecule has 0 saturated heterocycles. The van der Waals surface area contributed by atoms with Crippen molar-refractivity contribution in [1.82, 2.24) is 19.9 Å². The summed E-state index contributed by atoms with van der Waals surface area (Å²) in [6.45, 7) is 0.278. The molecule has 27 heavy (non-hydrogen) atoms.